The molecule has 1 heterocycles. The summed E-state index contributed by atoms with van der Waals surface area (Å²) in [5.41, 5.74) is 1.39. The van der Waals surface area contributed by atoms with Gasteiger partial charge in [0.25, 0.3) is 0 Å². The number of fused-ring (bicyclic) bond motifs is 1. The van der Waals surface area contributed by atoms with E-state index in [4.69, 9.17) is 16.3 Å². The molecule has 0 radical (unpaired) electrons. The van der Waals surface area contributed by atoms with Crippen molar-refractivity contribution >= 4 is 22.6 Å². The number of hydrogen-bond acceptors (Lipinski definition) is 4. The maximum absolute atomic E-state index is 5.63. The Bertz CT molecular complexity index is 487. The third kappa shape index (κ3) is 2.33. The first-order valence-corrected chi connectivity index (χ1v) is 4.99. The zero-order valence-corrected chi connectivity index (χ0v) is 9.19. The van der Waals surface area contributed by atoms with Gasteiger partial charge in [-0.15, -0.1) is 10.2 Å². The number of halogens is 1. The molecule has 1 aromatic carbocycles. The van der Waals surface area contributed by atoms with Crippen molar-refractivity contribution in [2.45, 2.75) is 20.0 Å². The van der Waals surface area contributed by atoms with Crippen molar-refractivity contribution in [2.75, 3.05) is 0 Å². The molecule has 0 aliphatic heterocycles. The SMILES string of the molecule is CC(C)Oc1ccc2nc(Cl)nnc2c1. The maximum atomic E-state index is 5.63. The van der Waals surface area contributed by atoms with Gasteiger partial charge in [-0.1, -0.05) is 0 Å². The Morgan fingerprint density at radius 3 is 2.73 bits per heavy atom. The predicted molar refractivity (Wildman–Crippen MR) is 58.1 cm³/mol. The van der Waals surface area contributed by atoms with Gasteiger partial charge in [0.2, 0.25) is 5.28 Å². The Hall–Kier alpha value is -1.42. The summed E-state index contributed by atoms with van der Waals surface area (Å²) in [4.78, 5) is 4.03. The van der Waals surface area contributed by atoms with Gasteiger partial charge in [-0.05, 0) is 37.6 Å². The lowest BCUT2D eigenvalue weighted by atomic mass is 10.3. The lowest BCUT2D eigenvalue weighted by Gasteiger charge is -2.09. The molecule has 15 heavy (non-hydrogen) atoms. The number of nitrogens with zero attached hydrogens (tertiary/aromatic N) is 3. The Balaban J connectivity index is 2.43. The average molecular weight is 224 g/mol. The molecule has 1 aromatic heterocycles. The van der Waals surface area contributed by atoms with Gasteiger partial charge in [-0.3, -0.25) is 0 Å². The first kappa shape index (κ1) is 10.1. The van der Waals surface area contributed by atoms with Gasteiger partial charge in [0, 0.05) is 6.07 Å². The van der Waals surface area contributed by atoms with Crippen LogP contribution in [0.4, 0.5) is 0 Å². The molecule has 2 aromatic rings. The lowest BCUT2D eigenvalue weighted by molar-refractivity contribution is 0.242. The smallest absolute Gasteiger partial charge is 0.243 e. The van der Waals surface area contributed by atoms with Crippen molar-refractivity contribution in [1.29, 1.82) is 0 Å². The van der Waals surface area contributed by atoms with E-state index < -0.39 is 0 Å². The molecule has 0 bridgehead atoms. The minimum Gasteiger partial charge on any atom is -0.491 e. The largest absolute Gasteiger partial charge is 0.491 e. The van der Waals surface area contributed by atoms with Gasteiger partial charge >= 0.3 is 0 Å². The van der Waals surface area contributed by atoms with Crippen molar-refractivity contribution in [1.82, 2.24) is 15.2 Å². The van der Waals surface area contributed by atoms with E-state index in [9.17, 15) is 0 Å². The molecule has 0 aliphatic rings. The highest BCUT2D eigenvalue weighted by molar-refractivity contribution is 6.28. The van der Waals surface area contributed by atoms with Crippen LogP contribution in [0.5, 0.6) is 5.75 Å². The summed E-state index contributed by atoms with van der Waals surface area (Å²) in [6, 6.07) is 5.45. The van der Waals surface area contributed by atoms with Crippen LogP contribution in [0.2, 0.25) is 5.28 Å². The van der Waals surface area contributed by atoms with Crippen LogP contribution in [0.25, 0.3) is 11.0 Å². The average Bonchev–Trinajstić information content (AvgIpc) is 2.17. The Morgan fingerprint density at radius 1 is 1.20 bits per heavy atom. The van der Waals surface area contributed by atoms with Gasteiger partial charge in [-0.2, -0.15) is 0 Å². The molecule has 0 saturated carbocycles. The number of benzene rings is 1. The first-order valence-electron chi connectivity index (χ1n) is 4.62. The van der Waals surface area contributed by atoms with Crippen LogP contribution >= 0.6 is 11.6 Å². The van der Waals surface area contributed by atoms with Crippen molar-refractivity contribution in [3.8, 4) is 5.75 Å². The highest BCUT2D eigenvalue weighted by Crippen LogP contribution is 2.18. The third-order valence-electron chi connectivity index (χ3n) is 1.77. The summed E-state index contributed by atoms with van der Waals surface area (Å²) in [5.74, 6) is 0.760. The molecule has 5 heteroatoms. The van der Waals surface area contributed by atoms with Crippen molar-refractivity contribution in [3.63, 3.8) is 0 Å². The fourth-order valence-electron chi connectivity index (χ4n) is 1.24. The highest BCUT2D eigenvalue weighted by atomic mass is 35.5. The van der Waals surface area contributed by atoms with E-state index in [1.807, 2.05) is 26.0 Å². The van der Waals surface area contributed by atoms with Crippen molar-refractivity contribution in [3.05, 3.63) is 23.5 Å². The van der Waals surface area contributed by atoms with Crippen LogP contribution in [0, 0.1) is 0 Å². The maximum Gasteiger partial charge on any atom is 0.243 e. The van der Waals surface area contributed by atoms with Crippen LogP contribution in [0.3, 0.4) is 0 Å². The predicted octanol–water partition coefficient (Wildman–Crippen LogP) is 2.47. The summed E-state index contributed by atoms with van der Waals surface area (Å²) < 4.78 is 5.52. The number of hydrogen-bond donors (Lipinski definition) is 0. The Labute approximate surface area is 92.3 Å². The number of rotatable bonds is 2. The van der Waals surface area contributed by atoms with E-state index in [1.165, 1.54) is 0 Å². The summed E-state index contributed by atoms with van der Waals surface area (Å²) in [7, 11) is 0. The summed E-state index contributed by atoms with van der Waals surface area (Å²) in [6.45, 7) is 3.94. The fraction of sp³-hybridized carbons (Fsp3) is 0.300. The topological polar surface area (TPSA) is 47.9 Å². The van der Waals surface area contributed by atoms with Crippen molar-refractivity contribution in [2.24, 2.45) is 0 Å². The molecular formula is C10H10ClN3O. The quantitative estimate of drug-likeness (QED) is 0.785. The summed E-state index contributed by atoms with van der Waals surface area (Å²) in [5, 5.41) is 7.75. The second-order valence-electron chi connectivity index (χ2n) is 3.40. The monoisotopic (exact) mass is 223 g/mol. The van der Waals surface area contributed by atoms with Crippen LogP contribution in [0.15, 0.2) is 18.2 Å². The number of aromatic nitrogens is 3. The molecule has 0 atom stereocenters. The van der Waals surface area contributed by atoms with Gasteiger partial charge in [0.05, 0.1) is 11.6 Å². The fourth-order valence-corrected chi connectivity index (χ4v) is 1.37. The highest BCUT2D eigenvalue weighted by Gasteiger charge is 2.03. The minimum absolute atomic E-state index is 0.135. The van der Waals surface area contributed by atoms with Gasteiger partial charge < -0.3 is 4.74 Å². The molecule has 2 rings (SSSR count). The second-order valence-corrected chi connectivity index (χ2v) is 3.74. The molecule has 4 nitrogen and oxygen atoms in total. The van der Waals surface area contributed by atoms with E-state index in [-0.39, 0.29) is 11.4 Å². The van der Waals surface area contributed by atoms with Gasteiger partial charge in [0.15, 0.2) is 0 Å². The normalized spacial score (nSPS) is 10.9. The molecule has 78 valence electrons. The summed E-state index contributed by atoms with van der Waals surface area (Å²) >= 11 is 5.63. The van der Waals surface area contributed by atoms with E-state index in [0.29, 0.717) is 11.0 Å². The van der Waals surface area contributed by atoms with E-state index in [1.54, 1.807) is 6.07 Å². The number of ether oxygens (including phenoxy) is 1. The molecule has 0 saturated heterocycles. The molecule has 0 fully saturated rings. The molecule has 0 N–H and O–H groups in total. The Kier molecular flexibility index (Phi) is 2.68. The lowest BCUT2D eigenvalue weighted by Crippen LogP contribution is -2.05. The third-order valence-corrected chi connectivity index (χ3v) is 1.93. The zero-order chi connectivity index (χ0) is 10.8. The molecule has 0 amide bonds. The standard InChI is InChI=1S/C10H10ClN3O/c1-6(2)15-7-3-4-8-9(5-7)13-14-10(11)12-8/h3-6H,1-2H3. The first-order chi connectivity index (χ1) is 7.15. The van der Waals surface area contributed by atoms with Crippen LogP contribution in [-0.4, -0.2) is 21.3 Å². The van der Waals surface area contributed by atoms with E-state index in [2.05, 4.69) is 15.2 Å². The van der Waals surface area contributed by atoms with E-state index >= 15 is 0 Å². The molecule has 0 unspecified atom stereocenters. The minimum atomic E-state index is 0.135. The molecule has 0 aliphatic carbocycles. The van der Waals surface area contributed by atoms with Crippen LogP contribution < -0.4 is 4.74 Å². The molecule has 0 spiro atoms. The van der Waals surface area contributed by atoms with Gasteiger partial charge in [0.1, 0.15) is 11.3 Å². The Morgan fingerprint density at radius 2 is 2.00 bits per heavy atom. The van der Waals surface area contributed by atoms with Crippen LogP contribution in [-0.2, 0) is 0 Å². The van der Waals surface area contributed by atoms with Crippen LogP contribution in [0.1, 0.15) is 13.8 Å². The van der Waals surface area contributed by atoms with E-state index in [0.717, 1.165) is 5.75 Å². The summed E-state index contributed by atoms with van der Waals surface area (Å²) in [6.07, 6.45) is 0.135. The zero-order valence-electron chi connectivity index (χ0n) is 8.44. The molecular weight excluding hydrogens is 214 g/mol. The second kappa shape index (κ2) is 3.98. The van der Waals surface area contributed by atoms with Crippen molar-refractivity contribution < 1.29 is 4.74 Å². The van der Waals surface area contributed by atoms with Gasteiger partial charge in [-0.25, -0.2) is 4.98 Å².